The fourth-order valence-electron chi connectivity index (χ4n) is 1.42. The van der Waals surface area contributed by atoms with Crippen LogP contribution in [0.5, 0.6) is 0 Å². The minimum Gasteiger partial charge on any atom is -0.479 e. The number of aliphatic hydroxyl groups is 1. The molecule has 3 nitrogen and oxygen atoms in total. The monoisotopic (exact) mass is 222 g/mol. The average molecular weight is 222 g/mol. The van der Waals surface area contributed by atoms with Gasteiger partial charge in [0, 0.05) is 16.0 Å². The molecule has 0 fully saturated rings. The number of carboxylic acids is 1. The first-order chi connectivity index (χ1) is 7.16. The van der Waals surface area contributed by atoms with Gasteiger partial charge in [-0.05, 0) is 17.5 Å². The highest BCUT2D eigenvalue weighted by molar-refractivity contribution is 7.19. The summed E-state index contributed by atoms with van der Waals surface area (Å²) in [6, 6.07) is 9.76. The van der Waals surface area contributed by atoms with E-state index >= 15 is 0 Å². The van der Waals surface area contributed by atoms with Crippen molar-refractivity contribution in [1.82, 2.24) is 0 Å². The van der Waals surface area contributed by atoms with Crippen LogP contribution >= 0.6 is 11.3 Å². The normalized spacial score (nSPS) is 12.9. The highest BCUT2D eigenvalue weighted by Gasteiger charge is 2.15. The lowest BCUT2D eigenvalue weighted by atomic mass is 10.2. The predicted molar refractivity (Wildman–Crippen MR) is 59.2 cm³/mol. The van der Waals surface area contributed by atoms with Crippen molar-refractivity contribution in [3.05, 3.63) is 35.2 Å². The van der Waals surface area contributed by atoms with Crippen molar-refractivity contribution >= 4 is 27.4 Å². The lowest BCUT2D eigenvalue weighted by Crippen LogP contribution is -2.21. The highest BCUT2D eigenvalue weighted by atomic mass is 32.1. The van der Waals surface area contributed by atoms with Crippen LogP contribution in [0.15, 0.2) is 30.3 Å². The zero-order valence-electron chi connectivity index (χ0n) is 7.88. The van der Waals surface area contributed by atoms with Crippen LogP contribution < -0.4 is 0 Å². The lowest BCUT2D eigenvalue weighted by molar-refractivity contribution is -0.146. The Labute approximate surface area is 90.6 Å². The number of aliphatic hydroxyl groups excluding tert-OH is 1. The second-order valence-corrected chi connectivity index (χ2v) is 4.48. The van der Waals surface area contributed by atoms with Gasteiger partial charge in [0.2, 0.25) is 0 Å². The number of rotatable bonds is 3. The van der Waals surface area contributed by atoms with Gasteiger partial charge in [-0.1, -0.05) is 18.2 Å². The van der Waals surface area contributed by atoms with Crippen LogP contribution in [0.25, 0.3) is 10.1 Å². The van der Waals surface area contributed by atoms with Crippen LogP contribution in [0.3, 0.4) is 0 Å². The van der Waals surface area contributed by atoms with Crippen LogP contribution in [-0.4, -0.2) is 22.3 Å². The molecule has 0 aliphatic carbocycles. The van der Waals surface area contributed by atoms with Gasteiger partial charge < -0.3 is 10.2 Å². The van der Waals surface area contributed by atoms with Crippen LogP contribution in [0.2, 0.25) is 0 Å². The maximum Gasteiger partial charge on any atom is 0.332 e. The van der Waals surface area contributed by atoms with E-state index in [-0.39, 0.29) is 6.42 Å². The SMILES string of the molecule is O=C(O)C(O)Cc1cc2ccccc2s1. The molecule has 1 heterocycles. The third kappa shape index (κ3) is 2.16. The molecule has 1 atom stereocenters. The Morgan fingerprint density at radius 2 is 2.13 bits per heavy atom. The van der Waals surface area contributed by atoms with E-state index in [4.69, 9.17) is 5.11 Å². The Morgan fingerprint density at radius 3 is 2.80 bits per heavy atom. The van der Waals surface area contributed by atoms with E-state index in [1.54, 1.807) is 0 Å². The van der Waals surface area contributed by atoms with Crippen molar-refractivity contribution in [2.24, 2.45) is 0 Å². The van der Waals surface area contributed by atoms with Gasteiger partial charge in [0.25, 0.3) is 0 Å². The second-order valence-electron chi connectivity index (χ2n) is 3.31. The molecule has 78 valence electrons. The van der Waals surface area contributed by atoms with E-state index in [0.717, 1.165) is 15.0 Å². The van der Waals surface area contributed by atoms with Crippen LogP contribution in [-0.2, 0) is 11.2 Å². The van der Waals surface area contributed by atoms with E-state index in [0.29, 0.717) is 0 Å². The van der Waals surface area contributed by atoms with Crippen LogP contribution in [0, 0.1) is 0 Å². The molecule has 2 N–H and O–H groups in total. The van der Waals surface area contributed by atoms with Gasteiger partial charge in [0.1, 0.15) is 0 Å². The summed E-state index contributed by atoms with van der Waals surface area (Å²) in [5.74, 6) is -1.17. The Hall–Kier alpha value is -1.39. The molecule has 0 saturated heterocycles. The number of carbonyl (C=O) groups is 1. The Kier molecular flexibility index (Phi) is 2.70. The second kappa shape index (κ2) is 4.00. The van der Waals surface area contributed by atoms with Crippen molar-refractivity contribution < 1.29 is 15.0 Å². The van der Waals surface area contributed by atoms with E-state index in [2.05, 4.69) is 0 Å². The lowest BCUT2D eigenvalue weighted by Gasteiger charge is -2.01. The zero-order chi connectivity index (χ0) is 10.8. The van der Waals surface area contributed by atoms with Gasteiger partial charge in [-0.15, -0.1) is 11.3 Å². The number of benzene rings is 1. The number of hydrogen-bond acceptors (Lipinski definition) is 3. The van der Waals surface area contributed by atoms with Gasteiger partial charge in [0.15, 0.2) is 6.10 Å². The maximum atomic E-state index is 10.5. The summed E-state index contributed by atoms with van der Waals surface area (Å²) in [6.07, 6.45) is -1.13. The Balaban J connectivity index is 2.26. The largest absolute Gasteiger partial charge is 0.479 e. The zero-order valence-corrected chi connectivity index (χ0v) is 8.70. The standard InChI is InChI=1S/C11H10O3S/c12-9(11(13)14)6-8-5-7-3-1-2-4-10(7)15-8/h1-5,9,12H,6H2,(H,13,14). The van der Waals surface area contributed by atoms with Crippen molar-refractivity contribution in [3.63, 3.8) is 0 Å². The molecular formula is C11H10O3S. The Bertz CT molecular complexity index is 456. The highest BCUT2D eigenvalue weighted by Crippen LogP contribution is 2.26. The molecule has 1 unspecified atom stereocenters. The van der Waals surface area contributed by atoms with Crippen molar-refractivity contribution in [3.8, 4) is 0 Å². The first-order valence-corrected chi connectivity index (χ1v) is 5.37. The number of hydrogen-bond donors (Lipinski definition) is 2. The smallest absolute Gasteiger partial charge is 0.332 e. The molecule has 0 amide bonds. The van der Waals surface area contributed by atoms with Crippen molar-refractivity contribution in [2.75, 3.05) is 0 Å². The summed E-state index contributed by atoms with van der Waals surface area (Å²) in [5, 5.41) is 18.9. The van der Waals surface area contributed by atoms with Gasteiger partial charge in [0.05, 0.1) is 0 Å². The van der Waals surface area contributed by atoms with Gasteiger partial charge in [-0.2, -0.15) is 0 Å². The van der Waals surface area contributed by atoms with Crippen LogP contribution in [0.4, 0.5) is 0 Å². The summed E-state index contributed by atoms with van der Waals surface area (Å²) < 4.78 is 1.12. The molecule has 15 heavy (non-hydrogen) atoms. The summed E-state index contributed by atoms with van der Waals surface area (Å²) >= 11 is 1.52. The van der Waals surface area contributed by atoms with Crippen molar-refractivity contribution in [2.45, 2.75) is 12.5 Å². The molecule has 2 rings (SSSR count). The van der Waals surface area contributed by atoms with E-state index in [1.165, 1.54) is 11.3 Å². The molecule has 0 aliphatic heterocycles. The molecule has 4 heteroatoms. The summed E-state index contributed by atoms with van der Waals surface area (Å²) in [7, 11) is 0. The minimum atomic E-state index is -1.31. The molecule has 0 spiro atoms. The molecule has 2 aromatic rings. The topological polar surface area (TPSA) is 57.5 Å². The molecule has 0 saturated carbocycles. The summed E-state index contributed by atoms with van der Waals surface area (Å²) in [6.45, 7) is 0. The molecule has 0 radical (unpaired) electrons. The first kappa shape index (κ1) is 10.1. The van der Waals surface area contributed by atoms with Gasteiger partial charge in [-0.25, -0.2) is 4.79 Å². The number of thiophene rings is 1. The number of carboxylic acid groups (broad SMARTS) is 1. The summed E-state index contributed by atoms with van der Waals surface area (Å²) in [4.78, 5) is 11.4. The quantitative estimate of drug-likeness (QED) is 0.833. The first-order valence-electron chi connectivity index (χ1n) is 4.55. The fourth-order valence-corrected chi connectivity index (χ4v) is 2.52. The predicted octanol–water partition coefficient (Wildman–Crippen LogP) is 1.89. The third-order valence-corrected chi connectivity index (χ3v) is 3.29. The van der Waals surface area contributed by atoms with E-state index < -0.39 is 12.1 Å². The molecular weight excluding hydrogens is 212 g/mol. The molecule has 0 aliphatic rings. The third-order valence-electron chi connectivity index (χ3n) is 2.16. The average Bonchev–Trinajstić information content (AvgIpc) is 2.59. The summed E-state index contributed by atoms with van der Waals surface area (Å²) in [5.41, 5.74) is 0. The fraction of sp³-hybridized carbons (Fsp3) is 0.182. The van der Waals surface area contributed by atoms with E-state index in [1.807, 2.05) is 30.3 Å². The van der Waals surface area contributed by atoms with Gasteiger partial charge in [-0.3, -0.25) is 0 Å². The van der Waals surface area contributed by atoms with Gasteiger partial charge >= 0.3 is 5.97 Å². The molecule has 1 aromatic heterocycles. The van der Waals surface area contributed by atoms with Crippen LogP contribution in [0.1, 0.15) is 4.88 Å². The van der Waals surface area contributed by atoms with E-state index in [9.17, 15) is 9.90 Å². The Morgan fingerprint density at radius 1 is 1.40 bits per heavy atom. The number of fused-ring (bicyclic) bond motifs is 1. The molecule has 0 bridgehead atoms. The maximum absolute atomic E-state index is 10.5. The van der Waals surface area contributed by atoms with Crippen molar-refractivity contribution in [1.29, 1.82) is 0 Å². The molecule has 1 aromatic carbocycles. The minimum absolute atomic E-state index is 0.175. The number of aliphatic carboxylic acids is 1.